The van der Waals surface area contributed by atoms with Gasteiger partial charge in [0.15, 0.2) is 0 Å². The van der Waals surface area contributed by atoms with E-state index in [9.17, 15) is 0 Å². The second kappa shape index (κ2) is 7.20. The third kappa shape index (κ3) is 4.96. The average Bonchev–Trinajstić information content (AvgIpc) is 2.18. The fraction of sp³-hybridized carbons (Fsp3) is 1.00. The van der Waals surface area contributed by atoms with Gasteiger partial charge < -0.3 is 14.8 Å². The van der Waals surface area contributed by atoms with Crippen molar-refractivity contribution in [3.63, 3.8) is 0 Å². The molecule has 0 radical (unpaired) electrons. The predicted molar refractivity (Wildman–Crippen MR) is 64.3 cm³/mol. The van der Waals surface area contributed by atoms with Crippen LogP contribution in [0.2, 0.25) is 0 Å². The van der Waals surface area contributed by atoms with Crippen molar-refractivity contribution in [2.24, 2.45) is 0 Å². The van der Waals surface area contributed by atoms with Crippen molar-refractivity contribution in [3.05, 3.63) is 0 Å². The molecular weight excluding hydrogens is 190 g/mol. The molecule has 15 heavy (non-hydrogen) atoms. The maximum Gasteiger partial charge on any atom is 0.0826 e. The maximum atomic E-state index is 5.82. The third-order valence-electron chi connectivity index (χ3n) is 2.86. The molecule has 0 spiro atoms. The van der Waals surface area contributed by atoms with Crippen molar-refractivity contribution < 1.29 is 9.47 Å². The Kier molecular flexibility index (Phi) is 7.14. The molecule has 2 atom stereocenters. The molecule has 0 bridgehead atoms. The van der Waals surface area contributed by atoms with Crippen LogP contribution in [-0.4, -0.2) is 38.0 Å². The van der Waals surface area contributed by atoms with E-state index in [1.807, 2.05) is 14.0 Å². The van der Waals surface area contributed by atoms with Crippen molar-refractivity contribution >= 4 is 0 Å². The molecule has 0 heterocycles. The van der Waals surface area contributed by atoms with Gasteiger partial charge >= 0.3 is 0 Å². The molecule has 92 valence electrons. The highest BCUT2D eigenvalue weighted by atomic mass is 16.5. The lowest BCUT2D eigenvalue weighted by Crippen LogP contribution is -2.52. The average molecular weight is 217 g/mol. The fourth-order valence-corrected chi connectivity index (χ4v) is 1.63. The van der Waals surface area contributed by atoms with E-state index in [-0.39, 0.29) is 17.7 Å². The first kappa shape index (κ1) is 14.9. The van der Waals surface area contributed by atoms with Gasteiger partial charge in [-0.05, 0) is 41.2 Å². The molecule has 0 fully saturated rings. The van der Waals surface area contributed by atoms with Gasteiger partial charge in [0.25, 0.3) is 0 Å². The molecule has 2 unspecified atom stereocenters. The second-order valence-corrected chi connectivity index (χ2v) is 4.32. The molecule has 0 aliphatic heterocycles. The lowest BCUT2D eigenvalue weighted by Gasteiger charge is -2.36. The van der Waals surface area contributed by atoms with Gasteiger partial charge in [0.05, 0.1) is 24.4 Å². The minimum Gasteiger partial charge on any atom is -0.377 e. The summed E-state index contributed by atoms with van der Waals surface area (Å²) < 4.78 is 11.5. The monoisotopic (exact) mass is 217 g/mol. The molecule has 3 nitrogen and oxygen atoms in total. The van der Waals surface area contributed by atoms with E-state index >= 15 is 0 Å². The molecule has 0 aromatic rings. The Morgan fingerprint density at radius 1 is 1.27 bits per heavy atom. The second-order valence-electron chi connectivity index (χ2n) is 4.32. The molecule has 0 aliphatic rings. The minimum atomic E-state index is -0.140. The summed E-state index contributed by atoms with van der Waals surface area (Å²) in [5.74, 6) is 0. The Morgan fingerprint density at radius 2 is 1.87 bits per heavy atom. The van der Waals surface area contributed by atoms with Crippen LogP contribution in [0.5, 0.6) is 0 Å². The van der Waals surface area contributed by atoms with Gasteiger partial charge in [0.2, 0.25) is 0 Å². The molecular formula is C12H27NO2. The van der Waals surface area contributed by atoms with Crippen LogP contribution >= 0.6 is 0 Å². The van der Waals surface area contributed by atoms with Crippen LogP contribution in [0.15, 0.2) is 0 Å². The van der Waals surface area contributed by atoms with Crippen molar-refractivity contribution in [2.45, 2.75) is 58.8 Å². The van der Waals surface area contributed by atoms with E-state index < -0.39 is 0 Å². The zero-order chi connectivity index (χ0) is 11.9. The first-order valence-corrected chi connectivity index (χ1v) is 5.93. The van der Waals surface area contributed by atoms with Crippen molar-refractivity contribution in [1.29, 1.82) is 0 Å². The summed E-state index contributed by atoms with van der Waals surface area (Å²) in [6.45, 7) is 11.9. The van der Waals surface area contributed by atoms with E-state index in [0.717, 1.165) is 13.0 Å². The van der Waals surface area contributed by atoms with Crippen LogP contribution in [-0.2, 0) is 9.47 Å². The predicted octanol–water partition coefficient (Wildman–Crippen LogP) is 2.20. The first-order chi connectivity index (χ1) is 7.00. The molecule has 0 saturated heterocycles. The maximum absolute atomic E-state index is 5.82. The van der Waals surface area contributed by atoms with Crippen LogP contribution in [0, 0.1) is 0 Å². The number of hydrogen-bond acceptors (Lipinski definition) is 3. The number of ether oxygens (including phenoxy) is 2. The van der Waals surface area contributed by atoms with Gasteiger partial charge in [-0.15, -0.1) is 0 Å². The third-order valence-corrected chi connectivity index (χ3v) is 2.86. The molecule has 0 saturated carbocycles. The van der Waals surface area contributed by atoms with E-state index in [4.69, 9.17) is 9.47 Å². The molecule has 0 aromatic carbocycles. The minimum absolute atomic E-state index is 0.140. The number of hydrogen-bond donors (Lipinski definition) is 1. The van der Waals surface area contributed by atoms with Crippen molar-refractivity contribution in [3.8, 4) is 0 Å². The molecule has 0 rings (SSSR count). The Labute approximate surface area is 94.5 Å². The number of likely N-dealkylation sites (N-methyl/N-ethyl adjacent to an activating group) is 1. The first-order valence-electron chi connectivity index (χ1n) is 5.93. The molecule has 0 amide bonds. The van der Waals surface area contributed by atoms with Gasteiger partial charge in [0.1, 0.15) is 0 Å². The van der Waals surface area contributed by atoms with Crippen LogP contribution < -0.4 is 5.32 Å². The largest absolute Gasteiger partial charge is 0.377 e. The number of nitrogens with one attached hydrogen (secondary N) is 1. The Balaban J connectivity index is 4.32. The van der Waals surface area contributed by atoms with Crippen LogP contribution in [0.1, 0.15) is 41.0 Å². The number of rotatable bonds is 8. The zero-order valence-electron chi connectivity index (χ0n) is 11.1. The quantitative estimate of drug-likeness (QED) is 0.676. The van der Waals surface area contributed by atoms with E-state index in [1.54, 1.807) is 0 Å². The summed E-state index contributed by atoms with van der Waals surface area (Å²) in [6.07, 6.45) is 1.25. The Bertz CT molecular complexity index is 162. The fourth-order valence-electron chi connectivity index (χ4n) is 1.63. The lowest BCUT2D eigenvalue weighted by molar-refractivity contribution is -0.0790. The van der Waals surface area contributed by atoms with Gasteiger partial charge in [-0.2, -0.15) is 0 Å². The van der Waals surface area contributed by atoms with E-state index in [1.165, 1.54) is 0 Å². The molecule has 0 aromatic heterocycles. The molecule has 3 heteroatoms. The highest BCUT2D eigenvalue weighted by molar-refractivity contribution is 4.87. The summed E-state index contributed by atoms with van der Waals surface area (Å²) in [4.78, 5) is 0. The highest BCUT2D eigenvalue weighted by Crippen LogP contribution is 2.20. The summed E-state index contributed by atoms with van der Waals surface area (Å²) in [5, 5.41) is 3.28. The van der Waals surface area contributed by atoms with Crippen LogP contribution in [0.25, 0.3) is 0 Å². The summed E-state index contributed by atoms with van der Waals surface area (Å²) in [7, 11) is 1.96. The standard InChI is InChI=1S/C12H27NO2/c1-7-12(5,15-8-2)11(13-6)9-14-10(3)4/h10-11,13H,7-9H2,1-6H3. The zero-order valence-corrected chi connectivity index (χ0v) is 11.1. The van der Waals surface area contributed by atoms with E-state index in [0.29, 0.717) is 6.61 Å². The Hall–Kier alpha value is -0.120. The van der Waals surface area contributed by atoms with Crippen LogP contribution in [0.4, 0.5) is 0 Å². The smallest absolute Gasteiger partial charge is 0.0826 e. The summed E-state index contributed by atoms with van der Waals surface area (Å²) in [6, 6.07) is 0.241. The normalized spacial score (nSPS) is 17.8. The highest BCUT2D eigenvalue weighted by Gasteiger charge is 2.32. The van der Waals surface area contributed by atoms with Gasteiger partial charge in [0, 0.05) is 6.61 Å². The van der Waals surface area contributed by atoms with E-state index in [2.05, 4.69) is 33.0 Å². The lowest BCUT2D eigenvalue weighted by atomic mass is 9.93. The summed E-state index contributed by atoms with van der Waals surface area (Å²) >= 11 is 0. The van der Waals surface area contributed by atoms with Gasteiger partial charge in [-0.1, -0.05) is 6.92 Å². The SMILES string of the molecule is CCOC(C)(CC)C(COC(C)C)NC. The van der Waals surface area contributed by atoms with Gasteiger partial charge in [-0.25, -0.2) is 0 Å². The van der Waals surface area contributed by atoms with Gasteiger partial charge in [-0.3, -0.25) is 0 Å². The van der Waals surface area contributed by atoms with Crippen LogP contribution in [0.3, 0.4) is 0 Å². The topological polar surface area (TPSA) is 30.5 Å². The molecule has 0 aliphatic carbocycles. The summed E-state index contributed by atoms with van der Waals surface area (Å²) in [5.41, 5.74) is -0.140. The van der Waals surface area contributed by atoms with Crippen molar-refractivity contribution in [1.82, 2.24) is 5.32 Å². The molecule has 1 N–H and O–H groups in total. The van der Waals surface area contributed by atoms with Crippen molar-refractivity contribution in [2.75, 3.05) is 20.3 Å². The Morgan fingerprint density at radius 3 is 2.20 bits per heavy atom.